The highest BCUT2D eigenvalue weighted by Crippen LogP contribution is 2.48. The van der Waals surface area contributed by atoms with Crippen LogP contribution >= 0.6 is 0 Å². The van der Waals surface area contributed by atoms with E-state index in [4.69, 9.17) is 4.74 Å². The molecule has 0 unspecified atom stereocenters. The van der Waals surface area contributed by atoms with Crippen molar-refractivity contribution in [2.75, 3.05) is 4.90 Å². The van der Waals surface area contributed by atoms with Crippen LogP contribution in [0.3, 0.4) is 0 Å². The maximum Gasteiger partial charge on any atom is 0.488 e. The minimum absolute atomic E-state index is 0.199. The Morgan fingerprint density at radius 1 is 0.885 bits per heavy atom. The summed E-state index contributed by atoms with van der Waals surface area (Å²) < 4.78 is 45.4. The molecule has 26 heavy (non-hydrogen) atoms. The number of halogens is 3. The monoisotopic (exact) mass is 358 g/mol. The van der Waals surface area contributed by atoms with E-state index in [-0.39, 0.29) is 10.3 Å². The third kappa shape index (κ3) is 2.92. The number of hydrogen-bond acceptors (Lipinski definition) is 2. The Balaban J connectivity index is 1.81. The van der Waals surface area contributed by atoms with Crippen molar-refractivity contribution in [1.82, 2.24) is 4.57 Å². The van der Waals surface area contributed by atoms with Gasteiger partial charge in [-0.1, -0.05) is 41.5 Å². The van der Waals surface area contributed by atoms with E-state index in [1.807, 2.05) is 43.0 Å². The molecule has 3 aromatic rings. The number of hydrogen-bond donors (Lipinski definition) is 0. The van der Waals surface area contributed by atoms with Crippen molar-refractivity contribution in [2.24, 2.45) is 0 Å². The van der Waals surface area contributed by atoms with Crippen LogP contribution in [0.1, 0.15) is 16.7 Å². The highest BCUT2D eigenvalue weighted by Gasteiger charge is 2.35. The number of aromatic nitrogens is 1. The number of ether oxygens (including phenoxy) is 1. The number of rotatable bonds is 2. The number of benzene rings is 2. The van der Waals surface area contributed by atoms with Gasteiger partial charge >= 0.3 is 6.30 Å². The average Bonchev–Trinajstić information content (AvgIpc) is 2.98. The molecular formula is C20H17F3N2O. The van der Waals surface area contributed by atoms with Gasteiger partial charge < -0.3 is 9.64 Å². The molecule has 0 aliphatic carbocycles. The zero-order chi connectivity index (χ0) is 18.5. The molecule has 0 saturated heterocycles. The van der Waals surface area contributed by atoms with Crippen LogP contribution in [0.25, 0.3) is 0 Å². The molecule has 4 rings (SSSR count). The number of fused-ring (bicyclic) bond motifs is 2. The molecule has 0 amide bonds. The lowest BCUT2D eigenvalue weighted by atomic mass is 10.1. The maximum absolute atomic E-state index is 13.2. The van der Waals surface area contributed by atoms with Crippen LogP contribution in [0.4, 0.5) is 24.5 Å². The molecule has 1 aromatic heterocycles. The fraction of sp³-hybridized carbons (Fsp3) is 0.200. The van der Waals surface area contributed by atoms with Crippen molar-refractivity contribution in [3.8, 4) is 11.5 Å². The van der Waals surface area contributed by atoms with Crippen molar-refractivity contribution in [3.63, 3.8) is 0 Å². The van der Waals surface area contributed by atoms with Crippen molar-refractivity contribution in [3.05, 3.63) is 71.5 Å². The summed E-state index contributed by atoms with van der Waals surface area (Å²) in [6.07, 6.45) is -2.42. The topological polar surface area (TPSA) is 17.4 Å². The lowest BCUT2D eigenvalue weighted by molar-refractivity contribution is -0.203. The zero-order valence-corrected chi connectivity index (χ0v) is 14.3. The van der Waals surface area contributed by atoms with E-state index in [0.29, 0.717) is 18.0 Å². The van der Waals surface area contributed by atoms with Crippen LogP contribution in [0.2, 0.25) is 0 Å². The van der Waals surface area contributed by atoms with Gasteiger partial charge in [0.05, 0.1) is 11.9 Å². The zero-order valence-electron chi connectivity index (χ0n) is 14.3. The van der Waals surface area contributed by atoms with E-state index in [0.717, 1.165) is 34.8 Å². The van der Waals surface area contributed by atoms with E-state index >= 15 is 0 Å². The molecule has 0 fully saturated rings. The lowest BCUT2D eigenvalue weighted by Gasteiger charge is -2.31. The second-order valence-corrected chi connectivity index (χ2v) is 6.53. The molecule has 3 nitrogen and oxygen atoms in total. The molecule has 0 spiro atoms. The first-order chi connectivity index (χ1) is 12.3. The van der Waals surface area contributed by atoms with Crippen LogP contribution in [0.15, 0.2) is 54.9 Å². The first-order valence-corrected chi connectivity index (χ1v) is 8.22. The molecule has 134 valence electrons. The number of para-hydroxylation sites is 2. The quantitative estimate of drug-likeness (QED) is 0.557. The molecule has 1 aliphatic heterocycles. The number of aryl methyl sites for hydroxylation is 2. The van der Waals surface area contributed by atoms with Crippen molar-refractivity contribution >= 4 is 11.4 Å². The first-order valence-electron chi connectivity index (χ1n) is 8.22. The van der Waals surface area contributed by atoms with Crippen molar-refractivity contribution in [2.45, 2.75) is 26.7 Å². The van der Waals surface area contributed by atoms with E-state index in [1.54, 1.807) is 12.1 Å². The summed E-state index contributed by atoms with van der Waals surface area (Å²) in [5.74, 6) is 0.745. The Bertz CT molecular complexity index is 955. The lowest BCUT2D eigenvalue weighted by Crippen LogP contribution is -2.20. The number of anilines is 2. The van der Waals surface area contributed by atoms with Crippen LogP contribution < -0.4 is 9.64 Å². The van der Waals surface area contributed by atoms with Crippen LogP contribution in [0.5, 0.6) is 11.5 Å². The molecule has 0 atom stereocenters. The minimum atomic E-state index is -4.49. The molecule has 0 saturated carbocycles. The molecule has 0 radical (unpaired) electrons. The summed E-state index contributed by atoms with van der Waals surface area (Å²) in [5.41, 5.74) is 4.42. The summed E-state index contributed by atoms with van der Waals surface area (Å²) in [6.45, 7) is 4.47. The van der Waals surface area contributed by atoms with Crippen molar-refractivity contribution in [1.29, 1.82) is 0 Å². The fourth-order valence-electron chi connectivity index (χ4n) is 3.38. The van der Waals surface area contributed by atoms with Gasteiger partial charge in [-0.05, 0) is 31.5 Å². The van der Waals surface area contributed by atoms with Gasteiger partial charge in [0.15, 0.2) is 11.5 Å². The summed E-state index contributed by atoms with van der Waals surface area (Å²) in [6, 6.07) is 13.4. The standard InChI is InChI=1S/C20H17F3N2O/c1-13-7-14(2)9-15(8-13)10-25-16-5-3-4-6-18(16)26-19-12-24(11-17(19)25)20(21,22)23/h3-9,11-12H,10H2,1-2H3. The number of alkyl halides is 3. The highest BCUT2D eigenvalue weighted by atomic mass is 19.4. The normalized spacial score (nSPS) is 13.2. The molecule has 2 aromatic carbocycles. The third-order valence-electron chi connectivity index (χ3n) is 4.35. The maximum atomic E-state index is 13.2. The summed E-state index contributed by atoms with van der Waals surface area (Å²) >= 11 is 0. The molecule has 1 aliphatic rings. The van der Waals surface area contributed by atoms with Gasteiger partial charge in [0.2, 0.25) is 0 Å². The van der Waals surface area contributed by atoms with Gasteiger partial charge in [0.25, 0.3) is 0 Å². The predicted octanol–water partition coefficient (Wildman–Crippen LogP) is 6.03. The Morgan fingerprint density at radius 3 is 2.27 bits per heavy atom. The van der Waals surface area contributed by atoms with Crippen LogP contribution in [-0.4, -0.2) is 4.57 Å². The highest BCUT2D eigenvalue weighted by molar-refractivity contribution is 5.77. The predicted molar refractivity (Wildman–Crippen MR) is 94.0 cm³/mol. The molecule has 0 N–H and O–H groups in total. The van der Waals surface area contributed by atoms with E-state index in [2.05, 4.69) is 6.07 Å². The Hall–Kier alpha value is -2.89. The van der Waals surface area contributed by atoms with Crippen molar-refractivity contribution < 1.29 is 17.9 Å². The van der Waals surface area contributed by atoms with E-state index in [1.165, 1.54) is 0 Å². The first kappa shape index (κ1) is 16.6. The summed E-state index contributed by atoms with van der Waals surface area (Å²) in [7, 11) is 0. The Morgan fingerprint density at radius 2 is 1.58 bits per heavy atom. The van der Waals surface area contributed by atoms with E-state index < -0.39 is 6.30 Å². The average molecular weight is 358 g/mol. The molecule has 6 heteroatoms. The fourth-order valence-corrected chi connectivity index (χ4v) is 3.38. The second kappa shape index (κ2) is 5.83. The number of nitrogens with zero attached hydrogens (tertiary/aromatic N) is 2. The van der Waals surface area contributed by atoms with Gasteiger partial charge in [-0.25, -0.2) is 0 Å². The molecule has 0 bridgehead atoms. The molecular weight excluding hydrogens is 341 g/mol. The van der Waals surface area contributed by atoms with Gasteiger partial charge in [0.1, 0.15) is 5.69 Å². The van der Waals surface area contributed by atoms with Gasteiger partial charge in [-0.2, -0.15) is 0 Å². The van der Waals surface area contributed by atoms with Gasteiger partial charge in [-0.3, -0.25) is 4.57 Å². The smallest absolute Gasteiger partial charge is 0.451 e. The molecule has 2 heterocycles. The third-order valence-corrected chi connectivity index (χ3v) is 4.35. The minimum Gasteiger partial charge on any atom is -0.451 e. The summed E-state index contributed by atoms with van der Waals surface area (Å²) in [4.78, 5) is 1.87. The van der Waals surface area contributed by atoms with Gasteiger partial charge in [0, 0.05) is 12.7 Å². The van der Waals surface area contributed by atoms with Gasteiger partial charge in [-0.15, -0.1) is 13.2 Å². The Kier molecular flexibility index (Phi) is 3.72. The van der Waals surface area contributed by atoms with Crippen LogP contribution in [-0.2, 0) is 12.8 Å². The largest absolute Gasteiger partial charge is 0.488 e. The SMILES string of the molecule is Cc1cc(C)cc(CN2c3ccccc3Oc3cn(C(F)(F)F)cc32)c1. The van der Waals surface area contributed by atoms with Crippen LogP contribution in [0, 0.1) is 13.8 Å². The van der Waals surface area contributed by atoms with E-state index in [9.17, 15) is 13.2 Å². The summed E-state index contributed by atoms with van der Waals surface area (Å²) in [5, 5.41) is 0. The Labute approximate surface area is 149 Å². The second-order valence-electron chi connectivity index (χ2n) is 6.53.